The van der Waals surface area contributed by atoms with Crippen molar-refractivity contribution in [3.05, 3.63) is 58.7 Å². The number of aliphatic carboxylic acids is 1. The number of fused-ring (bicyclic) bond motifs is 1. The Hall–Kier alpha value is -2.69. The SMILES string of the molecule is Cc1ccc(CCC(C(=O)O)n2nnc3cc(C)c(C)cc32)cc1. The standard InChI is InChI=1S/C19H21N3O2/c1-12-4-6-15(7-5-12)8-9-17(19(23)24)22-18-11-14(3)13(2)10-16(18)20-21-22/h4-7,10-11,17H,8-9H2,1-3H3,(H,23,24). The predicted molar refractivity (Wildman–Crippen MR) is 93.2 cm³/mol. The largest absolute Gasteiger partial charge is 0.480 e. The molecule has 2 aromatic carbocycles. The molecule has 0 saturated heterocycles. The van der Waals surface area contributed by atoms with Crippen molar-refractivity contribution < 1.29 is 9.90 Å². The summed E-state index contributed by atoms with van der Waals surface area (Å²) in [4.78, 5) is 11.8. The monoisotopic (exact) mass is 323 g/mol. The van der Waals surface area contributed by atoms with E-state index in [1.165, 1.54) is 10.2 Å². The summed E-state index contributed by atoms with van der Waals surface area (Å²) in [5, 5.41) is 17.9. The van der Waals surface area contributed by atoms with Crippen LogP contribution >= 0.6 is 0 Å². The lowest BCUT2D eigenvalue weighted by Crippen LogP contribution is -2.21. The van der Waals surface area contributed by atoms with E-state index < -0.39 is 12.0 Å². The van der Waals surface area contributed by atoms with E-state index in [4.69, 9.17) is 0 Å². The minimum absolute atomic E-state index is 0.476. The molecule has 1 unspecified atom stereocenters. The molecule has 0 fully saturated rings. The number of aromatic nitrogens is 3. The smallest absolute Gasteiger partial charge is 0.328 e. The van der Waals surface area contributed by atoms with Gasteiger partial charge in [-0.05, 0) is 62.4 Å². The fourth-order valence-corrected chi connectivity index (χ4v) is 2.83. The van der Waals surface area contributed by atoms with Gasteiger partial charge in [0.1, 0.15) is 5.52 Å². The molecule has 0 aliphatic heterocycles. The Balaban J connectivity index is 1.89. The van der Waals surface area contributed by atoms with E-state index in [-0.39, 0.29) is 0 Å². The maximum absolute atomic E-state index is 11.8. The molecule has 24 heavy (non-hydrogen) atoms. The first kappa shape index (κ1) is 16.2. The fourth-order valence-electron chi connectivity index (χ4n) is 2.83. The number of carboxylic acid groups (broad SMARTS) is 1. The molecular formula is C19H21N3O2. The van der Waals surface area contributed by atoms with Gasteiger partial charge < -0.3 is 5.11 Å². The molecular weight excluding hydrogens is 302 g/mol. The molecule has 0 saturated carbocycles. The van der Waals surface area contributed by atoms with Crippen molar-refractivity contribution in [2.75, 3.05) is 0 Å². The fraction of sp³-hybridized carbons (Fsp3) is 0.316. The van der Waals surface area contributed by atoms with E-state index in [0.717, 1.165) is 27.7 Å². The number of rotatable bonds is 5. The van der Waals surface area contributed by atoms with Crippen molar-refractivity contribution in [1.82, 2.24) is 15.0 Å². The Kier molecular flexibility index (Phi) is 4.34. The summed E-state index contributed by atoms with van der Waals surface area (Å²) in [6.45, 7) is 6.06. The Bertz CT molecular complexity index is 882. The number of aryl methyl sites for hydroxylation is 4. The van der Waals surface area contributed by atoms with Gasteiger partial charge in [0.05, 0.1) is 5.52 Å². The van der Waals surface area contributed by atoms with Crippen LogP contribution in [0.1, 0.15) is 34.7 Å². The molecule has 1 N–H and O–H groups in total. The first-order valence-electron chi connectivity index (χ1n) is 8.06. The van der Waals surface area contributed by atoms with E-state index in [9.17, 15) is 9.90 Å². The third kappa shape index (κ3) is 3.15. The minimum atomic E-state index is -0.882. The van der Waals surface area contributed by atoms with E-state index in [1.807, 2.05) is 57.2 Å². The van der Waals surface area contributed by atoms with Gasteiger partial charge in [-0.2, -0.15) is 0 Å². The third-order valence-electron chi connectivity index (χ3n) is 4.49. The van der Waals surface area contributed by atoms with Crippen molar-refractivity contribution in [3.8, 4) is 0 Å². The Morgan fingerprint density at radius 3 is 2.46 bits per heavy atom. The van der Waals surface area contributed by atoms with Crippen LogP contribution in [0.25, 0.3) is 11.0 Å². The number of hydrogen-bond acceptors (Lipinski definition) is 3. The molecule has 3 rings (SSSR count). The highest BCUT2D eigenvalue weighted by molar-refractivity contribution is 5.80. The lowest BCUT2D eigenvalue weighted by Gasteiger charge is -2.14. The van der Waals surface area contributed by atoms with E-state index in [1.54, 1.807) is 0 Å². The zero-order valence-electron chi connectivity index (χ0n) is 14.2. The van der Waals surface area contributed by atoms with Crippen LogP contribution in [0, 0.1) is 20.8 Å². The van der Waals surface area contributed by atoms with Crippen LogP contribution in [0.2, 0.25) is 0 Å². The second-order valence-corrected chi connectivity index (χ2v) is 6.34. The van der Waals surface area contributed by atoms with Crippen molar-refractivity contribution in [2.24, 2.45) is 0 Å². The van der Waals surface area contributed by atoms with E-state index in [0.29, 0.717) is 12.8 Å². The Morgan fingerprint density at radius 1 is 1.12 bits per heavy atom. The van der Waals surface area contributed by atoms with Gasteiger partial charge in [-0.25, -0.2) is 9.48 Å². The van der Waals surface area contributed by atoms with Crippen molar-refractivity contribution in [3.63, 3.8) is 0 Å². The summed E-state index contributed by atoms with van der Waals surface area (Å²) in [6, 6.07) is 11.4. The van der Waals surface area contributed by atoms with Crippen molar-refractivity contribution >= 4 is 17.0 Å². The first-order chi connectivity index (χ1) is 11.5. The van der Waals surface area contributed by atoms with Gasteiger partial charge in [0.15, 0.2) is 6.04 Å². The summed E-state index contributed by atoms with van der Waals surface area (Å²) in [5.74, 6) is -0.882. The van der Waals surface area contributed by atoms with E-state index >= 15 is 0 Å². The first-order valence-corrected chi connectivity index (χ1v) is 8.06. The average Bonchev–Trinajstić information content (AvgIpc) is 2.92. The lowest BCUT2D eigenvalue weighted by atomic mass is 10.0. The number of carboxylic acids is 1. The van der Waals surface area contributed by atoms with Crippen LogP contribution in [0.3, 0.4) is 0 Å². The van der Waals surface area contributed by atoms with Gasteiger partial charge in [-0.15, -0.1) is 5.10 Å². The van der Waals surface area contributed by atoms with Crippen molar-refractivity contribution in [1.29, 1.82) is 0 Å². The highest BCUT2D eigenvalue weighted by Gasteiger charge is 2.23. The summed E-state index contributed by atoms with van der Waals surface area (Å²) in [5.41, 5.74) is 6.06. The summed E-state index contributed by atoms with van der Waals surface area (Å²) in [6.07, 6.45) is 1.16. The van der Waals surface area contributed by atoms with Crippen LogP contribution in [0.15, 0.2) is 36.4 Å². The average molecular weight is 323 g/mol. The molecule has 1 atom stereocenters. The summed E-state index contributed by atoms with van der Waals surface area (Å²) < 4.78 is 1.54. The van der Waals surface area contributed by atoms with Gasteiger partial charge in [-0.3, -0.25) is 0 Å². The van der Waals surface area contributed by atoms with Crippen LogP contribution in [0.4, 0.5) is 0 Å². The molecule has 124 valence electrons. The van der Waals surface area contributed by atoms with Gasteiger partial charge in [0, 0.05) is 0 Å². The van der Waals surface area contributed by atoms with Crippen LogP contribution in [0.5, 0.6) is 0 Å². The number of benzene rings is 2. The second-order valence-electron chi connectivity index (χ2n) is 6.34. The molecule has 5 nitrogen and oxygen atoms in total. The predicted octanol–water partition coefficient (Wildman–Crippen LogP) is 3.62. The third-order valence-corrected chi connectivity index (χ3v) is 4.49. The van der Waals surface area contributed by atoms with Crippen LogP contribution in [-0.4, -0.2) is 26.1 Å². The normalized spacial score (nSPS) is 12.5. The summed E-state index contributed by atoms with van der Waals surface area (Å²) >= 11 is 0. The zero-order chi connectivity index (χ0) is 17.3. The molecule has 0 aliphatic rings. The topological polar surface area (TPSA) is 68.0 Å². The molecule has 0 amide bonds. The quantitative estimate of drug-likeness (QED) is 0.779. The maximum Gasteiger partial charge on any atom is 0.328 e. The molecule has 0 bridgehead atoms. The molecule has 3 aromatic rings. The number of nitrogens with zero attached hydrogens (tertiary/aromatic N) is 3. The Morgan fingerprint density at radius 2 is 1.79 bits per heavy atom. The zero-order valence-corrected chi connectivity index (χ0v) is 14.2. The Labute approximate surface area is 140 Å². The highest BCUT2D eigenvalue weighted by Crippen LogP contribution is 2.23. The van der Waals surface area contributed by atoms with E-state index in [2.05, 4.69) is 10.3 Å². The molecule has 0 spiro atoms. The van der Waals surface area contributed by atoms with Crippen LogP contribution in [-0.2, 0) is 11.2 Å². The minimum Gasteiger partial charge on any atom is -0.480 e. The molecule has 0 radical (unpaired) electrons. The van der Waals surface area contributed by atoms with Gasteiger partial charge in [0.2, 0.25) is 0 Å². The second kappa shape index (κ2) is 6.43. The molecule has 1 aromatic heterocycles. The maximum atomic E-state index is 11.8. The van der Waals surface area contributed by atoms with Crippen LogP contribution < -0.4 is 0 Å². The van der Waals surface area contributed by atoms with Gasteiger partial charge >= 0.3 is 5.97 Å². The molecule has 1 heterocycles. The van der Waals surface area contributed by atoms with Crippen molar-refractivity contribution in [2.45, 2.75) is 39.7 Å². The van der Waals surface area contributed by atoms with Gasteiger partial charge in [0.25, 0.3) is 0 Å². The molecule has 5 heteroatoms. The summed E-state index contributed by atoms with van der Waals surface area (Å²) in [7, 11) is 0. The number of hydrogen-bond donors (Lipinski definition) is 1. The van der Waals surface area contributed by atoms with Gasteiger partial charge in [-0.1, -0.05) is 35.0 Å². The lowest BCUT2D eigenvalue weighted by molar-refractivity contribution is -0.141. The highest BCUT2D eigenvalue weighted by atomic mass is 16.4. The molecule has 0 aliphatic carbocycles. The number of carbonyl (C=O) groups is 1.